The predicted molar refractivity (Wildman–Crippen MR) is 166 cm³/mol. The highest BCUT2D eigenvalue weighted by molar-refractivity contribution is 5.97. The molecular formula is C27H47N9O13. The number of rotatable bonds is 23. The van der Waals surface area contributed by atoms with E-state index in [0.29, 0.717) is 0 Å². The third-order valence-corrected chi connectivity index (χ3v) is 6.59. The Morgan fingerprint density at radius 2 is 0.939 bits per heavy atom. The van der Waals surface area contributed by atoms with Crippen molar-refractivity contribution in [3.8, 4) is 0 Å². The van der Waals surface area contributed by atoms with E-state index in [1.54, 1.807) is 13.8 Å². The molecule has 0 aromatic carbocycles. The van der Waals surface area contributed by atoms with E-state index >= 15 is 0 Å². The van der Waals surface area contributed by atoms with Gasteiger partial charge in [0.05, 0.1) is 32.3 Å². The molecule has 0 radical (unpaired) electrons. The number of carbonyl (C=O) groups is 9. The van der Waals surface area contributed by atoms with E-state index in [9.17, 15) is 63.6 Å². The summed E-state index contributed by atoms with van der Waals surface area (Å²) < 4.78 is 0. The summed E-state index contributed by atoms with van der Waals surface area (Å²) in [7, 11) is 0. The number of primary amides is 2. The van der Waals surface area contributed by atoms with Crippen LogP contribution in [0.15, 0.2) is 0 Å². The van der Waals surface area contributed by atoms with Crippen LogP contribution in [0.3, 0.4) is 0 Å². The molecule has 0 heterocycles. The summed E-state index contributed by atoms with van der Waals surface area (Å²) in [5, 5.41) is 51.3. The first kappa shape index (κ1) is 44.1. The number of aliphatic carboxylic acids is 1. The van der Waals surface area contributed by atoms with Crippen molar-refractivity contribution in [3.63, 3.8) is 0 Å². The third-order valence-electron chi connectivity index (χ3n) is 6.59. The highest BCUT2D eigenvalue weighted by Crippen LogP contribution is 2.07. The summed E-state index contributed by atoms with van der Waals surface area (Å²) in [6.07, 6.45) is -1.20. The number of nitrogens with one attached hydrogen (secondary N) is 6. The van der Waals surface area contributed by atoms with Gasteiger partial charge in [0, 0.05) is 6.42 Å². The van der Waals surface area contributed by atoms with Gasteiger partial charge in [0.1, 0.15) is 36.3 Å². The Morgan fingerprint density at radius 1 is 0.551 bits per heavy atom. The molecule has 0 aromatic heterocycles. The number of aliphatic hydroxyl groups is 3. The van der Waals surface area contributed by atoms with Crippen molar-refractivity contribution in [1.82, 2.24) is 31.9 Å². The van der Waals surface area contributed by atoms with E-state index in [2.05, 4.69) is 21.3 Å². The number of carboxylic acid groups (broad SMARTS) is 1. The maximum Gasteiger partial charge on any atom is 0.326 e. The van der Waals surface area contributed by atoms with Gasteiger partial charge < -0.3 is 69.5 Å². The molecule has 0 aliphatic rings. The molecule has 0 aromatic rings. The molecular weight excluding hydrogens is 658 g/mol. The van der Waals surface area contributed by atoms with Crippen LogP contribution in [-0.2, 0) is 43.2 Å². The second-order valence-corrected chi connectivity index (χ2v) is 11.3. The van der Waals surface area contributed by atoms with Gasteiger partial charge in [0.15, 0.2) is 0 Å². The van der Waals surface area contributed by atoms with Gasteiger partial charge in [-0.1, -0.05) is 13.8 Å². The first-order valence-electron chi connectivity index (χ1n) is 15.0. The van der Waals surface area contributed by atoms with E-state index < -0.39 is 122 Å². The summed E-state index contributed by atoms with van der Waals surface area (Å²) >= 11 is 0. The number of amides is 8. The zero-order valence-electron chi connectivity index (χ0n) is 27.3. The van der Waals surface area contributed by atoms with E-state index in [1.807, 2.05) is 10.6 Å². The average Bonchev–Trinajstić information content (AvgIpc) is 3.01. The van der Waals surface area contributed by atoms with Gasteiger partial charge in [-0.3, -0.25) is 38.4 Å². The molecule has 7 atom stereocenters. The van der Waals surface area contributed by atoms with Crippen LogP contribution in [0.5, 0.6) is 0 Å². The van der Waals surface area contributed by atoms with Gasteiger partial charge in [0.2, 0.25) is 47.3 Å². The minimum absolute atomic E-state index is 0.00105. The molecule has 0 saturated carbocycles. The summed E-state index contributed by atoms with van der Waals surface area (Å²) in [6, 6.07) is -10.8. The molecule has 0 fully saturated rings. The first-order chi connectivity index (χ1) is 22.8. The highest BCUT2D eigenvalue weighted by atomic mass is 16.4. The predicted octanol–water partition coefficient (Wildman–Crippen LogP) is -7.51. The largest absolute Gasteiger partial charge is 0.480 e. The van der Waals surface area contributed by atoms with Crippen LogP contribution in [0, 0.1) is 5.92 Å². The zero-order valence-corrected chi connectivity index (χ0v) is 27.3. The van der Waals surface area contributed by atoms with Crippen LogP contribution >= 0.6 is 0 Å². The smallest absolute Gasteiger partial charge is 0.326 e. The number of hydrogen-bond acceptors (Lipinski definition) is 13. The van der Waals surface area contributed by atoms with Gasteiger partial charge in [-0.15, -0.1) is 0 Å². The molecule has 0 aliphatic heterocycles. The molecule has 0 saturated heterocycles. The van der Waals surface area contributed by atoms with Crippen LogP contribution < -0.4 is 49.1 Å². The Labute approximate surface area is 280 Å². The maximum absolute atomic E-state index is 13.0. The second kappa shape index (κ2) is 21.8. The Kier molecular flexibility index (Phi) is 19.6. The summed E-state index contributed by atoms with van der Waals surface area (Å²) in [5.41, 5.74) is 15.5. The quantitative estimate of drug-likeness (QED) is 0.0470. The second-order valence-electron chi connectivity index (χ2n) is 11.3. The fraction of sp³-hybridized carbons (Fsp3) is 0.667. The van der Waals surface area contributed by atoms with Crippen molar-refractivity contribution in [2.45, 2.75) is 88.7 Å². The van der Waals surface area contributed by atoms with E-state index in [-0.39, 0.29) is 25.2 Å². The molecule has 0 rings (SSSR count). The lowest BCUT2D eigenvalue weighted by molar-refractivity contribution is -0.142. The number of carbonyl (C=O) groups excluding carboxylic acids is 8. The first-order valence-corrected chi connectivity index (χ1v) is 15.0. The number of nitrogens with two attached hydrogens (primary N) is 3. The van der Waals surface area contributed by atoms with Gasteiger partial charge in [-0.2, -0.15) is 0 Å². The topological polar surface area (TPSA) is 385 Å². The summed E-state index contributed by atoms with van der Waals surface area (Å²) in [6.45, 7) is 1.58. The number of carboxylic acids is 1. The van der Waals surface area contributed by atoms with E-state index in [0.717, 1.165) is 0 Å². The Morgan fingerprint density at radius 3 is 1.31 bits per heavy atom. The monoisotopic (exact) mass is 705 g/mol. The van der Waals surface area contributed by atoms with Crippen molar-refractivity contribution in [2.24, 2.45) is 23.1 Å². The summed E-state index contributed by atoms with van der Waals surface area (Å²) in [5.74, 6) is -9.65. The molecule has 22 heteroatoms. The van der Waals surface area contributed by atoms with Crippen LogP contribution in [0.2, 0.25) is 0 Å². The minimum atomic E-state index is -1.77. The van der Waals surface area contributed by atoms with Gasteiger partial charge in [-0.05, 0) is 25.7 Å². The Bertz CT molecular complexity index is 1220. The summed E-state index contributed by atoms with van der Waals surface area (Å²) in [4.78, 5) is 109. The van der Waals surface area contributed by atoms with Crippen LogP contribution in [0.1, 0.15) is 46.5 Å². The van der Waals surface area contributed by atoms with Crippen molar-refractivity contribution in [2.75, 3.05) is 19.8 Å². The third kappa shape index (κ3) is 16.6. The molecule has 49 heavy (non-hydrogen) atoms. The lowest BCUT2D eigenvalue weighted by Crippen LogP contribution is -2.61. The van der Waals surface area contributed by atoms with Crippen LogP contribution in [0.25, 0.3) is 0 Å². The fourth-order valence-electron chi connectivity index (χ4n) is 3.91. The number of aliphatic hydroxyl groups excluding tert-OH is 3. The van der Waals surface area contributed by atoms with E-state index in [1.165, 1.54) is 6.92 Å². The van der Waals surface area contributed by atoms with Gasteiger partial charge in [0.25, 0.3) is 0 Å². The van der Waals surface area contributed by atoms with Crippen molar-refractivity contribution >= 4 is 53.2 Å². The Balaban J connectivity index is 5.54. The van der Waals surface area contributed by atoms with Gasteiger partial charge >= 0.3 is 5.97 Å². The molecule has 22 nitrogen and oxygen atoms in total. The van der Waals surface area contributed by atoms with Crippen LogP contribution in [-0.4, -0.2) is 136 Å². The Hall–Kier alpha value is -4.93. The normalized spacial score (nSPS) is 15.2. The molecule has 278 valence electrons. The molecule has 8 amide bonds. The van der Waals surface area contributed by atoms with Crippen molar-refractivity contribution in [1.29, 1.82) is 0 Å². The standard InChI is InChI=1S/C27H47N9O13/c1-11(2)6-15(23(44)31-12(3)21(42)32-14(27(48)49)4-5-19(29)40)33-24(45)17(9-38)35-26(47)18(10-39)36-25(46)16(8-37)34-22(43)13(28)7-20(30)41/h11-18,37-39H,4-10,28H2,1-3H3,(H2,29,40)(H2,30,41)(H,31,44)(H,32,42)(H,33,45)(H,34,43)(H,35,47)(H,36,46)(H,48,49)/t12-,13-,14-,15-,16-,17-,18-/m0/s1. The molecule has 0 aliphatic carbocycles. The fourth-order valence-corrected chi connectivity index (χ4v) is 3.91. The maximum atomic E-state index is 13.0. The molecule has 0 bridgehead atoms. The minimum Gasteiger partial charge on any atom is -0.480 e. The lowest BCUT2D eigenvalue weighted by Gasteiger charge is -2.26. The SMILES string of the molecule is CC(C)C[C@H](NC(=O)[C@H](CO)NC(=O)[C@H](CO)NC(=O)[C@H](CO)NC(=O)[C@@H](N)CC(N)=O)C(=O)N[C@@H](C)C(=O)N[C@@H](CCC(N)=O)C(=O)O. The van der Waals surface area contributed by atoms with E-state index in [4.69, 9.17) is 17.2 Å². The molecule has 16 N–H and O–H groups in total. The van der Waals surface area contributed by atoms with Crippen LogP contribution in [0.4, 0.5) is 0 Å². The molecule has 0 unspecified atom stereocenters. The average molecular weight is 706 g/mol. The van der Waals surface area contributed by atoms with Crippen molar-refractivity contribution < 1.29 is 63.6 Å². The zero-order chi connectivity index (χ0) is 38.0. The lowest BCUT2D eigenvalue weighted by atomic mass is 10.0. The van der Waals surface area contributed by atoms with Gasteiger partial charge in [-0.25, -0.2) is 4.79 Å². The molecule has 0 spiro atoms. The van der Waals surface area contributed by atoms with Crippen molar-refractivity contribution in [3.05, 3.63) is 0 Å². The highest BCUT2D eigenvalue weighted by Gasteiger charge is 2.33. The number of hydrogen-bond donors (Lipinski definition) is 13.